The largest absolute Gasteiger partial charge is 0.493 e. The molecular formula is C45H55F4N3O3S. The summed E-state index contributed by atoms with van der Waals surface area (Å²) in [4.78, 5) is 33.1. The number of hydrogen-bond acceptors (Lipinski definition) is 5. The second-order valence-corrected chi connectivity index (χ2v) is 14.8. The average molecular weight is 794 g/mol. The molecule has 0 aromatic heterocycles. The molecule has 0 bridgehead atoms. The van der Waals surface area contributed by atoms with Crippen LogP contribution in [0, 0.1) is 26.7 Å². The van der Waals surface area contributed by atoms with Crippen molar-refractivity contribution in [3.8, 4) is 5.75 Å². The molecule has 1 N–H and O–H groups in total. The van der Waals surface area contributed by atoms with E-state index < -0.39 is 17.9 Å². The molecule has 1 aliphatic heterocycles. The van der Waals surface area contributed by atoms with E-state index in [4.69, 9.17) is 4.74 Å². The molecule has 0 spiro atoms. The fraction of sp³-hybridized carbons (Fsp3) is 0.378. The lowest BCUT2D eigenvalue weighted by molar-refractivity contribution is -0.116. The van der Waals surface area contributed by atoms with Crippen molar-refractivity contribution in [3.05, 3.63) is 125 Å². The second-order valence-electron chi connectivity index (χ2n) is 13.8. The van der Waals surface area contributed by atoms with E-state index >= 15 is 0 Å². The minimum Gasteiger partial charge on any atom is -0.493 e. The third kappa shape index (κ3) is 15.0. The average Bonchev–Trinajstić information content (AvgIpc) is 3.32. The number of aliphatic imine (C=N–C) groups is 2. The van der Waals surface area contributed by atoms with E-state index in [0.29, 0.717) is 47.2 Å². The van der Waals surface area contributed by atoms with Crippen LogP contribution in [0.2, 0.25) is 0 Å². The quantitative estimate of drug-likeness (QED) is 0.0719. The smallest absolute Gasteiger partial charge is 0.346 e. The number of aryl methyl sites for hydroxylation is 4. The number of ether oxygens (including phenoxy) is 1. The summed E-state index contributed by atoms with van der Waals surface area (Å²) in [5, 5.41) is 3.57. The summed E-state index contributed by atoms with van der Waals surface area (Å²) in [7, 11) is 0. The van der Waals surface area contributed by atoms with Crippen molar-refractivity contribution in [2.45, 2.75) is 91.4 Å². The number of halogens is 4. The monoisotopic (exact) mass is 793 g/mol. The summed E-state index contributed by atoms with van der Waals surface area (Å²) in [6, 6.07) is 17.4. The molecule has 1 heterocycles. The fourth-order valence-corrected chi connectivity index (χ4v) is 6.64. The number of thioether (sulfide) groups is 1. The third-order valence-corrected chi connectivity index (χ3v) is 10.4. The van der Waals surface area contributed by atoms with Gasteiger partial charge in [0.1, 0.15) is 11.5 Å². The van der Waals surface area contributed by atoms with Crippen molar-refractivity contribution >= 4 is 46.2 Å². The Balaban J connectivity index is 0.000000553. The Morgan fingerprint density at radius 3 is 2.38 bits per heavy atom. The number of nitrogens with zero attached hydrogens (tertiary/aromatic N) is 2. The number of rotatable bonds is 15. The number of nitrogens with one attached hydrogen (secondary N) is 1. The van der Waals surface area contributed by atoms with E-state index in [9.17, 15) is 27.2 Å². The number of amides is 2. The zero-order valence-electron chi connectivity index (χ0n) is 33.0. The van der Waals surface area contributed by atoms with Gasteiger partial charge >= 0.3 is 6.03 Å². The van der Waals surface area contributed by atoms with E-state index in [0.717, 1.165) is 59.2 Å². The highest BCUT2D eigenvalue weighted by atomic mass is 32.2. The molecule has 11 heteroatoms. The van der Waals surface area contributed by atoms with Crippen LogP contribution in [0.25, 0.3) is 5.70 Å². The zero-order chi connectivity index (χ0) is 41.3. The number of Topliss-reactive ketones (excluding diaryl/α,β-unsaturated/α-hetero) is 1. The van der Waals surface area contributed by atoms with Gasteiger partial charge in [0.25, 0.3) is 11.8 Å². The van der Waals surface area contributed by atoms with Crippen molar-refractivity contribution < 1.29 is 33.3 Å². The molecule has 6 nitrogen and oxygen atoms in total. The minimum absolute atomic E-state index is 0. The second kappa shape index (κ2) is 22.1. The maximum atomic E-state index is 13.7. The number of urea groups is 1. The first-order valence-electron chi connectivity index (χ1n) is 18.7. The molecule has 4 rings (SSSR count). The molecule has 0 radical (unpaired) electrons. The zero-order valence-corrected chi connectivity index (χ0v) is 33.8. The standard InChI is InChI=1S/C32H37F2N3O2S.C13H16F2O.H2/c1-5-28(35-19-9-7-8-10-24-12-15-26(16-13-24)32(33,34)6-2)25-14-18-29(23(4)20-25)36-31(39)37-30-22(3)11-17-27(38)21-40-30;1-4-13(14,15)7-8-16-12-6-5-10(2)9-11(12)3;/h5-6,12-16,18-20,22H,2,7-11,17,21H2,1,3-4H3,(H,36,39);4-6,9H,1,7-8H2,2-3H3;1H/b28-5-,35-19?,37-30-;;. The summed E-state index contributed by atoms with van der Waals surface area (Å²) >= 11 is 1.35. The van der Waals surface area contributed by atoms with Crippen LogP contribution in [0.1, 0.15) is 87.2 Å². The highest BCUT2D eigenvalue weighted by Crippen LogP contribution is 2.30. The summed E-state index contributed by atoms with van der Waals surface area (Å²) in [5.41, 5.74) is 6.44. The highest BCUT2D eigenvalue weighted by molar-refractivity contribution is 8.14. The molecule has 1 unspecified atom stereocenters. The van der Waals surface area contributed by atoms with E-state index in [2.05, 4.69) is 28.5 Å². The van der Waals surface area contributed by atoms with Crippen molar-refractivity contribution in [2.75, 3.05) is 17.7 Å². The molecule has 0 saturated carbocycles. The normalized spacial score (nSPS) is 15.9. The van der Waals surface area contributed by atoms with Gasteiger partial charge in [-0.2, -0.15) is 13.8 Å². The number of anilines is 1. The lowest BCUT2D eigenvalue weighted by Gasteiger charge is -2.13. The van der Waals surface area contributed by atoms with Gasteiger partial charge in [0, 0.05) is 43.2 Å². The Labute approximate surface area is 334 Å². The van der Waals surface area contributed by atoms with Crippen LogP contribution in [-0.2, 0) is 17.1 Å². The van der Waals surface area contributed by atoms with Gasteiger partial charge in [0.05, 0.1) is 23.1 Å². The number of allylic oxidation sites excluding steroid dienone is 3. The predicted octanol–water partition coefficient (Wildman–Crippen LogP) is 12.9. The molecular weight excluding hydrogens is 739 g/mol. The first kappa shape index (κ1) is 45.6. The minimum atomic E-state index is -3.00. The molecule has 56 heavy (non-hydrogen) atoms. The van der Waals surface area contributed by atoms with Gasteiger partial charge < -0.3 is 10.1 Å². The molecule has 0 aliphatic carbocycles. The Morgan fingerprint density at radius 2 is 1.73 bits per heavy atom. The number of carbonyl (C=O) groups is 2. The van der Waals surface area contributed by atoms with Gasteiger partial charge in [-0.05, 0) is 107 Å². The van der Waals surface area contributed by atoms with Gasteiger partial charge in [-0.25, -0.2) is 13.6 Å². The molecule has 1 fully saturated rings. The van der Waals surface area contributed by atoms with Gasteiger partial charge in [-0.3, -0.25) is 9.79 Å². The number of ketones is 1. The number of carbonyl (C=O) groups excluding carboxylic acids is 2. The maximum absolute atomic E-state index is 13.7. The van der Waals surface area contributed by atoms with Crippen LogP contribution in [0.3, 0.4) is 0 Å². The summed E-state index contributed by atoms with van der Waals surface area (Å²) in [5.74, 6) is -4.55. The lowest BCUT2D eigenvalue weighted by Crippen LogP contribution is -2.16. The Bertz CT molecular complexity index is 1910. The van der Waals surface area contributed by atoms with Crippen molar-refractivity contribution in [2.24, 2.45) is 15.9 Å². The van der Waals surface area contributed by atoms with Gasteiger partial charge in [-0.1, -0.05) is 74.2 Å². The van der Waals surface area contributed by atoms with E-state index in [1.165, 1.54) is 23.9 Å². The van der Waals surface area contributed by atoms with E-state index in [1.807, 2.05) is 77.2 Å². The molecule has 1 saturated heterocycles. The van der Waals surface area contributed by atoms with Crippen LogP contribution in [-0.4, -0.2) is 41.4 Å². The fourth-order valence-electron chi connectivity index (χ4n) is 5.63. The number of alkyl halides is 4. The van der Waals surface area contributed by atoms with E-state index in [1.54, 1.807) is 18.2 Å². The molecule has 1 atom stereocenters. The first-order valence-corrected chi connectivity index (χ1v) is 19.7. The van der Waals surface area contributed by atoms with Crippen molar-refractivity contribution in [1.29, 1.82) is 0 Å². The Hall–Kier alpha value is -4.77. The van der Waals surface area contributed by atoms with Crippen LogP contribution in [0.4, 0.5) is 28.0 Å². The van der Waals surface area contributed by atoms with Crippen molar-refractivity contribution in [1.82, 2.24) is 0 Å². The number of benzene rings is 3. The van der Waals surface area contributed by atoms with Gasteiger partial charge in [0.2, 0.25) is 0 Å². The van der Waals surface area contributed by atoms with Crippen LogP contribution in [0.5, 0.6) is 5.75 Å². The predicted molar refractivity (Wildman–Crippen MR) is 227 cm³/mol. The summed E-state index contributed by atoms with van der Waals surface area (Å²) < 4.78 is 58.3. The maximum Gasteiger partial charge on any atom is 0.346 e. The van der Waals surface area contributed by atoms with Gasteiger partial charge in [0.15, 0.2) is 0 Å². The topological polar surface area (TPSA) is 80.1 Å². The molecule has 302 valence electrons. The van der Waals surface area contributed by atoms with Gasteiger partial charge in [-0.15, -0.1) is 11.8 Å². The lowest BCUT2D eigenvalue weighted by atomic mass is 10.0. The highest BCUT2D eigenvalue weighted by Gasteiger charge is 2.26. The number of hydrogen-bond donors (Lipinski definition) is 1. The van der Waals surface area contributed by atoms with Crippen molar-refractivity contribution in [3.63, 3.8) is 0 Å². The van der Waals surface area contributed by atoms with Crippen LogP contribution < -0.4 is 10.1 Å². The molecule has 3 aromatic carbocycles. The SMILES string of the molecule is C=CC(F)(F)CCOc1ccc(C)cc1C.C=CC(F)(F)c1ccc(CCCCC=N/C(=C\C)c2ccc(NC(=O)/N=C3\SCC(=O)CCC3C)c(C)c2)cc1.[HH]. The Morgan fingerprint density at radius 1 is 1.00 bits per heavy atom. The molecule has 3 aromatic rings. The summed E-state index contributed by atoms with van der Waals surface area (Å²) in [6.45, 7) is 16.0. The molecule has 1 aliphatic rings. The van der Waals surface area contributed by atoms with Crippen LogP contribution in [0.15, 0.2) is 102 Å². The third-order valence-electron chi connectivity index (χ3n) is 9.10. The number of unbranched alkanes of at least 4 members (excludes halogenated alkanes) is 2. The molecule has 2 amide bonds. The van der Waals surface area contributed by atoms with E-state index in [-0.39, 0.29) is 31.7 Å². The summed E-state index contributed by atoms with van der Waals surface area (Å²) in [6.07, 6.45) is 9.55. The first-order chi connectivity index (χ1) is 26.6. The Kier molecular flexibility index (Phi) is 18.0. The van der Waals surface area contributed by atoms with Crippen LogP contribution >= 0.6 is 11.8 Å².